The molecule has 10 nitrogen and oxygen atoms in total. The summed E-state index contributed by atoms with van der Waals surface area (Å²) >= 11 is 0. The van der Waals surface area contributed by atoms with E-state index < -0.39 is 21.7 Å². The molecule has 2 fully saturated rings. The van der Waals surface area contributed by atoms with Crippen LogP contribution in [0.3, 0.4) is 0 Å². The molecule has 2 bridgehead atoms. The molecule has 282 valence electrons. The standard InChI is InChI=1S/C39H64N6O4Si2/c1-11-12-13-31-15-14-29(25-40-31)34-26-41-45-36(43(27-47-18-20-50(5,6)7)28-48-19-21-51(8,9)10)24-35(42-37(34)45)30-22-32-16-17-33(23-30)44(32)38(46)49-39(2,3)4/h14-15,24-26,30,32-33H,11-13,16-23,27-28H2,1-10H3/t30?,32-,33?/m0/s1. The predicted molar refractivity (Wildman–Crippen MR) is 212 cm³/mol. The summed E-state index contributed by atoms with van der Waals surface area (Å²) < 4.78 is 20.6. The van der Waals surface area contributed by atoms with Gasteiger partial charge in [0.15, 0.2) is 5.65 Å². The van der Waals surface area contributed by atoms with Gasteiger partial charge in [-0.15, -0.1) is 0 Å². The Labute approximate surface area is 308 Å². The summed E-state index contributed by atoms with van der Waals surface area (Å²) in [6.07, 6.45) is 10.6. The number of ether oxygens (including phenoxy) is 3. The van der Waals surface area contributed by atoms with Gasteiger partial charge in [-0.3, -0.25) is 4.98 Å². The molecule has 0 aliphatic carbocycles. The summed E-state index contributed by atoms with van der Waals surface area (Å²) in [7, 11) is -2.51. The largest absolute Gasteiger partial charge is 0.444 e. The van der Waals surface area contributed by atoms with Crippen molar-refractivity contribution >= 4 is 33.7 Å². The number of hydrogen-bond donors (Lipinski definition) is 0. The topological polar surface area (TPSA) is 94.3 Å². The lowest BCUT2D eigenvalue weighted by Gasteiger charge is -2.39. The zero-order chi connectivity index (χ0) is 37.0. The Kier molecular flexibility index (Phi) is 12.7. The average Bonchev–Trinajstić information content (AvgIpc) is 3.59. The Morgan fingerprint density at radius 3 is 2.10 bits per heavy atom. The van der Waals surface area contributed by atoms with Crippen LogP contribution in [0.4, 0.5) is 10.6 Å². The number of piperidine rings is 1. The number of rotatable bonds is 16. The molecule has 2 aliphatic heterocycles. The number of pyridine rings is 1. The fraction of sp³-hybridized carbons (Fsp3) is 0.692. The first-order chi connectivity index (χ1) is 24.0. The van der Waals surface area contributed by atoms with Crippen molar-refractivity contribution in [2.75, 3.05) is 31.6 Å². The highest BCUT2D eigenvalue weighted by molar-refractivity contribution is 6.76. The molecule has 2 saturated heterocycles. The van der Waals surface area contributed by atoms with Crippen molar-refractivity contribution in [1.29, 1.82) is 0 Å². The van der Waals surface area contributed by atoms with Crippen molar-refractivity contribution in [3.05, 3.63) is 42.0 Å². The number of carbonyl (C=O) groups excluding carboxylic acids is 1. The third-order valence-corrected chi connectivity index (χ3v) is 13.4. The van der Waals surface area contributed by atoms with Crippen LogP contribution in [0.25, 0.3) is 16.8 Å². The summed E-state index contributed by atoms with van der Waals surface area (Å²) in [6, 6.07) is 8.96. The molecule has 5 heterocycles. The van der Waals surface area contributed by atoms with Crippen LogP contribution in [-0.4, -0.2) is 91.1 Å². The fourth-order valence-electron chi connectivity index (χ4n) is 7.00. The van der Waals surface area contributed by atoms with E-state index in [0.717, 1.165) is 104 Å². The molecule has 0 saturated carbocycles. The van der Waals surface area contributed by atoms with Crippen molar-refractivity contribution in [1.82, 2.24) is 24.5 Å². The number of aromatic nitrogens is 4. The quantitative estimate of drug-likeness (QED) is 0.0817. The third-order valence-electron chi connectivity index (χ3n) is 9.96. The number of anilines is 1. The van der Waals surface area contributed by atoms with E-state index in [2.05, 4.69) is 69.3 Å². The molecule has 3 aromatic rings. The minimum atomic E-state index is -1.26. The van der Waals surface area contributed by atoms with E-state index in [1.807, 2.05) is 42.6 Å². The average molecular weight is 737 g/mol. The monoisotopic (exact) mass is 736 g/mol. The molecule has 3 aromatic heterocycles. The Morgan fingerprint density at radius 2 is 1.57 bits per heavy atom. The van der Waals surface area contributed by atoms with Crippen LogP contribution in [0.1, 0.15) is 83.5 Å². The minimum absolute atomic E-state index is 0.139. The Balaban J connectivity index is 1.51. The highest BCUT2D eigenvalue weighted by Gasteiger charge is 2.45. The lowest BCUT2D eigenvalue weighted by Crippen LogP contribution is -2.48. The first kappa shape index (κ1) is 39.4. The molecule has 2 unspecified atom stereocenters. The Bertz CT molecular complexity index is 1560. The van der Waals surface area contributed by atoms with E-state index in [0.29, 0.717) is 13.5 Å². The van der Waals surface area contributed by atoms with Gasteiger partial charge >= 0.3 is 6.09 Å². The van der Waals surface area contributed by atoms with E-state index in [-0.39, 0.29) is 24.1 Å². The van der Waals surface area contributed by atoms with Crippen molar-refractivity contribution < 1.29 is 19.0 Å². The van der Waals surface area contributed by atoms with Crippen LogP contribution in [0.15, 0.2) is 30.6 Å². The molecular weight excluding hydrogens is 673 g/mol. The van der Waals surface area contributed by atoms with E-state index in [1.54, 1.807) is 0 Å². The number of nitrogens with zero attached hydrogens (tertiary/aromatic N) is 6. The normalized spacial score (nSPS) is 19.6. The molecule has 51 heavy (non-hydrogen) atoms. The SMILES string of the molecule is CCCCc1ccc(-c2cnn3c(N(COCC[Si](C)(C)C)COCC[Si](C)(C)C)cc(C4CC5CC[C@@H](C4)N5C(=O)OC(C)(C)C)nc23)cn1. The van der Waals surface area contributed by atoms with Gasteiger partial charge in [-0.1, -0.05) is 58.7 Å². The molecule has 0 N–H and O–H groups in total. The molecule has 1 amide bonds. The molecular formula is C39H64N6O4Si2. The molecule has 3 atom stereocenters. The Morgan fingerprint density at radius 1 is 0.941 bits per heavy atom. The number of fused-ring (bicyclic) bond motifs is 3. The van der Waals surface area contributed by atoms with Crippen LogP contribution in [-0.2, 0) is 20.6 Å². The van der Waals surface area contributed by atoms with Crippen molar-refractivity contribution in [3.63, 3.8) is 0 Å². The molecule has 12 heteroatoms. The van der Waals surface area contributed by atoms with Gasteiger partial charge in [-0.05, 0) is 77.5 Å². The van der Waals surface area contributed by atoms with Gasteiger partial charge in [0.05, 0.1) is 6.20 Å². The van der Waals surface area contributed by atoms with Crippen molar-refractivity contribution in [2.45, 2.75) is 148 Å². The van der Waals surface area contributed by atoms with E-state index in [4.69, 9.17) is 29.3 Å². The van der Waals surface area contributed by atoms with Crippen LogP contribution in [0.2, 0.25) is 51.4 Å². The van der Waals surface area contributed by atoms with E-state index >= 15 is 0 Å². The molecule has 0 spiro atoms. The Hall–Kier alpha value is -2.81. The second kappa shape index (κ2) is 16.5. The van der Waals surface area contributed by atoms with E-state index in [9.17, 15) is 4.79 Å². The minimum Gasteiger partial charge on any atom is -0.444 e. The van der Waals surface area contributed by atoms with Crippen LogP contribution >= 0.6 is 0 Å². The van der Waals surface area contributed by atoms with E-state index in [1.165, 1.54) is 0 Å². The molecule has 0 aromatic carbocycles. The zero-order valence-electron chi connectivity index (χ0n) is 33.1. The van der Waals surface area contributed by atoms with Crippen LogP contribution in [0.5, 0.6) is 0 Å². The maximum absolute atomic E-state index is 13.3. The maximum atomic E-state index is 13.3. The summed E-state index contributed by atoms with van der Waals surface area (Å²) in [5.74, 6) is 1.11. The third kappa shape index (κ3) is 10.9. The fourth-order valence-corrected chi connectivity index (χ4v) is 8.51. The summed E-state index contributed by atoms with van der Waals surface area (Å²) in [5.41, 5.74) is 4.39. The second-order valence-corrected chi connectivity index (χ2v) is 29.4. The molecule has 0 radical (unpaired) electrons. The van der Waals surface area contributed by atoms with Crippen LogP contribution in [0, 0.1) is 0 Å². The number of amides is 1. The highest BCUT2D eigenvalue weighted by atomic mass is 28.3. The predicted octanol–water partition coefficient (Wildman–Crippen LogP) is 9.21. The van der Waals surface area contributed by atoms with Gasteiger partial charge in [-0.25, -0.2) is 9.78 Å². The van der Waals surface area contributed by atoms with Gasteiger partial charge in [-0.2, -0.15) is 9.61 Å². The lowest BCUT2D eigenvalue weighted by atomic mass is 9.88. The first-order valence-electron chi connectivity index (χ1n) is 19.3. The van der Waals surface area contributed by atoms with Crippen molar-refractivity contribution in [3.8, 4) is 11.1 Å². The van der Waals surface area contributed by atoms with Gasteiger partial charge in [0.25, 0.3) is 0 Å². The summed E-state index contributed by atoms with van der Waals surface area (Å²) in [6.45, 7) is 24.5. The number of hydrogen-bond acceptors (Lipinski definition) is 8. The van der Waals surface area contributed by atoms with Gasteiger partial charge < -0.3 is 24.0 Å². The first-order valence-corrected chi connectivity index (χ1v) is 26.7. The highest BCUT2D eigenvalue weighted by Crippen LogP contribution is 2.44. The summed E-state index contributed by atoms with van der Waals surface area (Å²) in [5, 5.41) is 4.94. The lowest BCUT2D eigenvalue weighted by molar-refractivity contribution is 0.00569. The number of unbranched alkanes of at least 4 members (excludes halogenated alkanes) is 1. The van der Waals surface area contributed by atoms with Crippen molar-refractivity contribution in [2.24, 2.45) is 0 Å². The smallest absolute Gasteiger partial charge is 0.410 e. The number of aryl methyl sites for hydroxylation is 1. The summed E-state index contributed by atoms with van der Waals surface area (Å²) in [4.78, 5) is 27.7. The van der Waals surface area contributed by atoms with Gasteiger partial charge in [0.1, 0.15) is 24.9 Å². The van der Waals surface area contributed by atoms with Gasteiger partial charge in [0, 0.05) is 82.1 Å². The van der Waals surface area contributed by atoms with Gasteiger partial charge in [0.2, 0.25) is 0 Å². The maximum Gasteiger partial charge on any atom is 0.410 e. The molecule has 2 aliphatic rings. The second-order valence-electron chi connectivity index (χ2n) is 18.2. The number of carbonyl (C=O) groups is 1. The molecule has 5 rings (SSSR count). The van der Waals surface area contributed by atoms with Crippen LogP contribution < -0.4 is 4.90 Å². The zero-order valence-corrected chi connectivity index (χ0v) is 35.1.